The van der Waals surface area contributed by atoms with Gasteiger partial charge in [-0.2, -0.15) is 0 Å². The van der Waals surface area contributed by atoms with Crippen molar-refractivity contribution in [2.24, 2.45) is 40.1 Å². The molecule has 5 aliphatic carbocycles. The van der Waals surface area contributed by atoms with Crippen molar-refractivity contribution in [3.8, 4) is 0 Å². The molecule has 9 atom stereocenters. The van der Waals surface area contributed by atoms with Crippen LogP contribution in [0.5, 0.6) is 0 Å². The van der Waals surface area contributed by atoms with Crippen LogP contribution in [0.25, 0.3) is 0 Å². The van der Waals surface area contributed by atoms with Gasteiger partial charge in [-0.3, -0.25) is 9.59 Å². The molecule has 8 heteroatoms. The summed E-state index contributed by atoms with van der Waals surface area (Å²) >= 11 is 0. The summed E-state index contributed by atoms with van der Waals surface area (Å²) in [4.78, 5) is 24.3. The van der Waals surface area contributed by atoms with E-state index in [2.05, 4.69) is 6.92 Å². The van der Waals surface area contributed by atoms with Gasteiger partial charge in [-0.25, -0.2) is 0 Å². The number of allylic oxidation sites excluding steroid dienone is 1. The molecule has 0 aliphatic heterocycles. The predicted molar refractivity (Wildman–Crippen MR) is 130 cm³/mol. The van der Waals surface area contributed by atoms with Crippen molar-refractivity contribution in [2.75, 3.05) is 6.61 Å². The first-order valence-corrected chi connectivity index (χ1v) is 13.3. The van der Waals surface area contributed by atoms with E-state index in [1.54, 1.807) is 6.08 Å². The Morgan fingerprint density at radius 2 is 1.69 bits per heavy atom. The monoisotopic (exact) mass is 671 g/mol. The smallest absolute Gasteiger partial charge is 0.190 e. The summed E-state index contributed by atoms with van der Waals surface area (Å²) in [5, 5.41) is 31.7. The molecule has 5 rings (SSSR count). The second kappa shape index (κ2) is 10.7. The maximum absolute atomic E-state index is 12.4. The standard InChI is InChI=1S/C21H30O5.C6H14N2.Pt/c1-19-7-5-13(23)9-12(19)3-4-14-15-6-8-21(26,17(25)11-22)20(15,2)10-16(24)18(14)19;7-5-3-1-2-4-6(5)8;/h9,14-16,18,22,24,26H,3-8,10-11H2,1-2H3;5-6H,1-4,7-8H2;/t14?,15?,16-,18?,19-,20-,21-;5-,6-;/m01./s1. The molecule has 202 valence electrons. The molecule has 0 aromatic rings. The van der Waals surface area contributed by atoms with Crippen LogP contribution in [0.1, 0.15) is 84.5 Å². The van der Waals surface area contributed by atoms with Crippen molar-refractivity contribution < 1.29 is 46.0 Å². The number of carbonyl (C=O) groups is 2. The summed E-state index contributed by atoms with van der Waals surface area (Å²) < 4.78 is 0. The Labute approximate surface area is 223 Å². The SMILES string of the molecule is C[C@]12CCC(=O)C=C1CCC1C2[C@@H](O)C[C@@]2(C)C1CC[C@]2(O)C(=O)CO.N[C@@H]1CCCC[C@H]1N.[Pt]. The third kappa shape index (κ3) is 4.79. The van der Waals surface area contributed by atoms with Gasteiger partial charge in [0.05, 0.1) is 6.10 Å². The van der Waals surface area contributed by atoms with Gasteiger partial charge in [0, 0.05) is 45.0 Å². The minimum atomic E-state index is -1.54. The number of ketones is 2. The van der Waals surface area contributed by atoms with Crippen molar-refractivity contribution in [2.45, 2.75) is 108 Å². The van der Waals surface area contributed by atoms with E-state index in [0.717, 1.165) is 38.5 Å². The Balaban J connectivity index is 0.000000325. The number of aliphatic hydroxyl groups excluding tert-OH is 2. The Kier molecular flexibility index (Phi) is 8.94. The molecule has 0 saturated heterocycles. The van der Waals surface area contributed by atoms with E-state index < -0.39 is 29.5 Å². The molecule has 0 bridgehead atoms. The van der Waals surface area contributed by atoms with Gasteiger partial charge >= 0.3 is 0 Å². The van der Waals surface area contributed by atoms with E-state index in [4.69, 9.17) is 11.5 Å². The molecule has 4 fully saturated rings. The van der Waals surface area contributed by atoms with Crippen LogP contribution in [0.3, 0.4) is 0 Å². The summed E-state index contributed by atoms with van der Waals surface area (Å²) in [5.74, 6) is 0.140. The van der Waals surface area contributed by atoms with Crippen LogP contribution in [0.2, 0.25) is 0 Å². The first-order chi connectivity index (χ1) is 16.0. The fourth-order valence-corrected chi connectivity index (χ4v) is 8.47. The van der Waals surface area contributed by atoms with Gasteiger partial charge in [0.2, 0.25) is 0 Å². The van der Waals surface area contributed by atoms with Crippen LogP contribution in [0, 0.1) is 28.6 Å². The van der Waals surface area contributed by atoms with Crippen LogP contribution >= 0.6 is 0 Å². The largest absolute Gasteiger partial charge is 0.393 e. The average Bonchev–Trinajstić information content (AvgIpc) is 3.07. The molecule has 7 N–H and O–H groups in total. The van der Waals surface area contributed by atoms with Crippen molar-refractivity contribution in [3.05, 3.63) is 11.6 Å². The zero-order valence-corrected chi connectivity index (χ0v) is 23.4. The first kappa shape index (κ1) is 29.1. The molecular formula is C27H44N2O5Pt. The van der Waals surface area contributed by atoms with E-state index in [-0.39, 0.29) is 62.1 Å². The molecule has 0 radical (unpaired) electrons. The number of nitrogens with two attached hydrogens (primary N) is 2. The molecule has 0 heterocycles. The fourth-order valence-electron chi connectivity index (χ4n) is 8.47. The van der Waals surface area contributed by atoms with Crippen LogP contribution in [0.4, 0.5) is 0 Å². The summed E-state index contributed by atoms with van der Waals surface area (Å²) in [6, 6.07) is 0.562. The summed E-state index contributed by atoms with van der Waals surface area (Å²) in [6.07, 6.45) is 10.5. The van der Waals surface area contributed by atoms with Crippen LogP contribution in [-0.4, -0.2) is 57.3 Å². The molecular weight excluding hydrogens is 627 g/mol. The molecule has 0 amide bonds. The van der Waals surface area contributed by atoms with Gasteiger partial charge in [-0.15, -0.1) is 0 Å². The molecule has 0 aromatic carbocycles. The van der Waals surface area contributed by atoms with Crippen LogP contribution in [0.15, 0.2) is 11.6 Å². The molecule has 35 heavy (non-hydrogen) atoms. The molecule has 3 unspecified atom stereocenters. The van der Waals surface area contributed by atoms with Crippen molar-refractivity contribution in [3.63, 3.8) is 0 Å². The van der Waals surface area contributed by atoms with Crippen LogP contribution in [-0.2, 0) is 30.7 Å². The summed E-state index contributed by atoms with van der Waals surface area (Å²) in [7, 11) is 0. The van der Waals surface area contributed by atoms with E-state index in [9.17, 15) is 24.9 Å². The number of rotatable bonds is 2. The number of aliphatic hydroxyl groups is 3. The van der Waals surface area contributed by atoms with Crippen molar-refractivity contribution >= 4 is 11.6 Å². The van der Waals surface area contributed by atoms with Gasteiger partial charge in [-0.1, -0.05) is 32.3 Å². The third-order valence-electron chi connectivity index (χ3n) is 10.5. The average molecular weight is 672 g/mol. The van der Waals surface area contributed by atoms with Crippen molar-refractivity contribution in [1.82, 2.24) is 0 Å². The quantitative estimate of drug-likeness (QED) is 0.302. The normalized spacial score (nSPS) is 46.6. The maximum atomic E-state index is 12.4. The summed E-state index contributed by atoms with van der Waals surface area (Å²) in [5.41, 5.74) is 10.1. The minimum Gasteiger partial charge on any atom is -0.393 e. The van der Waals surface area contributed by atoms with Crippen molar-refractivity contribution in [1.29, 1.82) is 0 Å². The first-order valence-electron chi connectivity index (χ1n) is 13.3. The number of carbonyl (C=O) groups excluding carboxylic acids is 2. The maximum Gasteiger partial charge on any atom is 0.190 e. The van der Waals surface area contributed by atoms with E-state index in [1.807, 2.05) is 6.92 Å². The van der Waals surface area contributed by atoms with E-state index >= 15 is 0 Å². The number of Topliss-reactive ketones (excluding diaryl/α,β-unsaturated/α-hetero) is 1. The van der Waals surface area contributed by atoms with E-state index in [1.165, 1.54) is 18.4 Å². The molecule has 7 nitrogen and oxygen atoms in total. The number of hydrogen-bond donors (Lipinski definition) is 5. The zero-order chi connectivity index (χ0) is 24.9. The molecule has 5 aliphatic rings. The predicted octanol–water partition coefficient (Wildman–Crippen LogP) is 1.99. The van der Waals surface area contributed by atoms with E-state index in [0.29, 0.717) is 19.3 Å². The zero-order valence-electron chi connectivity index (χ0n) is 21.2. The molecule has 0 spiro atoms. The van der Waals surface area contributed by atoms with Gasteiger partial charge in [0.15, 0.2) is 11.6 Å². The van der Waals surface area contributed by atoms with Gasteiger partial charge in [-0.05, 0) is 80.6 Å². The molecule has 4 saturated carbocycles. The topological polar surface area (TPSA) is 147 Å². The number of fused-ring (bicyclic) bond motifs is 5. The summed E-state index contributed by atoms with van der Waals surface area (Å²) in [6.45, 7) is 3.46. The third-order valence-corrected chi connectivity index (χ3v) is 10.5. The Bertz CT molecular complexity index is 841. The second-order valence-corrected chi connectivity index (χ2v) is 12.2. The minimum absolute atomic E-state index is 0. The molecule has 0 aromatic heterocycles. The Morgan fingerprint density at radius 1 is 1.06 bits per heavy atom. The van der Waals surface area contributed by atoms with Crippen LogP contribution < -0.4 is 11.5 Å². The van der Waals surface area contributed by atoms with Gasteiger partial charge in [0.25, 0.3) is 0 Å². The second-order valence-electron chi connectivity index (χ2n) is 12.2. The number of hydrogen-bond acceptors (Lipinski definition) is 7. The van der Waals surface area contributed by atoms with Gasteiger partial charge < -0.3 is 26.8 Å². The Hall–Kier alpha value is -0.432. The Morgan fingerprint density at radius 3 is 2.26 bits per heavy atom. The fraction of sp³-hybridized carbons (Fsp3) is 0.852. The van der Waals surface area contributed by atoms with Gasteiger partial charge in [0.1, 0.15) is 12.2 Å².